The first-order valence-corrected chi connectivity index (χ1v) is 9.93. The highest BCUT2D eigenvalue weighted by Gasteiger charge is 2.27. The molecular formula is C21H23ClN4O3. The highest BCUT2D eigenvalue weighted by Crippen LogP contribution is 2.26. The molecule has 7 nitrogen and oxygen atoms in total. The van der Waals surface area contributed by atoms with Gasteiger partial charge < -0.3 is 20.4 Å². The molecule has 152 valence electrons. The minimum Gasteiger partial charge on any atom is -0.497 e. The van der Waals surface area contributed by atoms with Gasteiger partial charge in [0.25, 0.3) is 0 Å². The summed E-state index contributed by atoms with van der Waals surface area (Å²) in [6.07, 6.45) is 1.92. The van der Waals surface area contributed by atoms with Crippen LogP contribution in [0.25, 0.3) is 11.0 Å². The number of fused-ring (bicyclic) bond motifs is 1. The minimum absolute atomic E-state index is 0.0103. The van der Waals surface area contributed by atoms with E-state index < -0.39 is 0 Å². The number of benzene rings is 2. The Labute approximate surface area is 173 Å². The lowest BCUT2D eigenvalue weighted by Gasteiger charge is -2.33. The first-order chi connectivity index (χ1) is 13.9. The van der Waals surface area contributed by atoms with E-state index in [1.54, 1.807) is 35.9 Å². The Morgan fingerprint density at radius 1 is 1.31 bits per heavy atom. The topological polar surface area (TPSA) is 93.3 Å². The lowest BCUT2D eigenvalue weighted by molar-refractivity contribution is -0.132. The first kappa shape index (κ1) is 19.4. The molecule has 1 saturated heterocycles. The molecule has 3 aromatic rings. The zero-order valence-corrected chi connectivity index (χ0v) is 16.9. The number of methoxy groups -OCH3 is 1. The van der Waals surface area contributed by atoms with Crippen LogP contribution in [0.4, 0.5) is 5.69 Å². The number of halogens is 1. The van der Waals surface area contributed by atoms with Gasteiger partial charge in [-0.15, -0.1) is 0 Å². The maximum Gasteiger partial charge on any atom is 0.326 e. The molecule has 1 aliphatic heterocycles. The quantitative estimate of drug-likeness (QED) is 0.642. The number of nitrogens with one attached hydrogen (secondary N) is 1. The number of carbonyl (C=O) groups excluding carboxylic acids is 1. The Bertz CT molecular complexity index is 1120. The van der Waals surface area contributed by atoms with E-state index in [1.807, 2.05) is 17.0 Å². The molecule has 1 aromatic heterocycles. The van der Waals surface area contributed by atoms with Crippen LogP contribution in [0.15, 0.2) is 41.2 Å². The smallest absolute Gasteiger partial charge is 0.326 e. The van der Waals surface area contributed by atoms with Crippen molar-refractivity contribution in [3.8, 4) is 5.75 Å². The van der Waals surface area contributed by atoms with E-state index in [4.69, 9.17) is 22.1 Å². The summed E-state index contributed by atoms with van der Waals surface area (Å²) in [5.41, 5.74) is 8.58. The number of rotatable bonds is 4. The number of ether oxygens (including phenoxy) is 1. The van der Waals surface area contributed by atoms with Crippen molar-refractivity contribution in [3.63, 3.8) is 0 Å². The predicted octanol–water partition coefficient (Wildman–Crippen LogP) is 2.98. The maximum absolute atomic E-state index is 12.9. The van der Waals surface area contributed by atoms with Crippen molar-refractivity contribution in [1.29, 1.82) is 0 Å². The van der Waals surface area contributed by atoms with Crippen molar-refractivity contribution in [1.82, 2.24) is 14.5 Å². The van der Waals surface area contributed by atoms with E-state index in [2.05, 4.69) is 4.98 Å². The second-order valence-corrected chi connectivity index (χ2v) is 7.83. The number of nitrogen functional groups attached to an aromatic ring is 1. The highest BCUT2D eigenvalue weighted by atomic mass is 35.5. The molecule has 1 fully saturated rings. The largest absolute Gasteiger partial charge is 0.497 e. The molecule has 1 aliphatic rings. The lowest BCUT2D eigenvalue weighted by Crippen LogP contribution is -2.43. The van der Waals surface area contributed by atoms with Gasteiger partial charge in [0.05, 0.1) is 30.6 Å². The fourth-order valence-electron chi connectivity index (χ4n) is 4.03. The van der Waals surface area contributed by atoms with Crippen molar-refractivity contribution in [2.24, 2.45) is 0 Å². The van der Waals surface area contributed by atoms with Gasteiger partial charge in [0.2, 0.25) is 5.91 Å². The molecule has 2 aromatic carbocycles. The number of nitrogens with two attached hydrogens (primary N) is 1. The van der Waals surface area contributed by atoms with Crippen molar-refractivity contribution < 1.29 is 9.53 Å². The summed E-state index contributed by atoms with van der Waals surface area (Å²) < 4.78 is 6.98. The standard InChI is InChI=1S/C21H23ClN4O3/c1-29-17-8-13(7-14(22)10-17)9-20(27)25-6-2-3-16(12-25)26-19-5-4-15(23)11-18(19)24-21(26)28/h4-5,7-8,10-11,16H,2-3,6,9,12,23H2,1H3,(H,24,28)/t16-/m0/s1. The van der Waals surface area contributed by atoms with Crippen LogP contribution in [0.2, 0.25) is 5.02 Å². The van der Waals surface area contributed by atoms with E-state index in [0.717, 1.165) is 23.9 Å². The van der Waals surface area contributed by atoms with Gasteiger partial charge in [-0.25, -0.2) is 4.79 Å². The number of aromatic amines is 1. The molecule has 1 atom stereocenters. The second kappa shape index (κ2) is 7.83. The van der Waals surface area contributed by atoms with Gasteiger partial charge in [-0.3, -0.25) is 9.36 Å². The Kier molecular flexibility index (Phi) is 5.24. The molecule has 2 heterocycles. The van der Waals surface area contributed by atoms with Gasteiger partial charge in [-0.1, -0.05) is 11.6 Å². The van der Waals surface area contributed by atoms with Gasteiger partial charge in [0.1, 0.15) is 5.75 Å². The number of hydrogen-bond acceptors (Lipinski definition) is 4. The molecule has 0 saturated carbocycles. The molecule has 1 amide bonds. The number of imidazole rings is 1. The number of carbonyl (C=O) groups is 1. The van der Waals surface area contributed by atoms with Gasteiger partial charge in [-0.2, -0.15) is 0 Å². The van der Waals surface area contributed by atoms with Crippen LogP contribution < -0.4 is 16.2 Å². The summed E-state index contributed by atoms with van der Waals surface area (Å²) in [5, 5.41) is 0.535. The molecule has 0 unspecified atom stereocenters. The Hall–Kier alpha value is -2.93. The van der Waals surface area contributed by atoms with E-state index in [1.165, 1.54) is 0 Å². The number of anilines is 1. The third-order valence-electron chi connectivity index (χ3n) is 5.38. The zero-order chi connectivity index (χ0) is 20.5. The number of hydrogen-bond donors (Lipinski definition) is 2. The third-order valence-corrected chi connectivity index (χ3v) is 5.60. The molecule has 0 spiro atoms. The monoisotopic (exact) mass is 414 g/mol. The fourth-order valence-corrected chi connectivity index (χ4v) is 4.28. The number of piperidine rings is 1. The summed E-state index contributed by atoms with van der Waals surface area (Å²) in [4.78, 5) is 30.2. The first-order valence-electron chi connectivity index (χ1n) is 9.55. The Morgan fingerprint density at radius 3 is 2.93 bits per heavy atom. The summed E-state index contributed by atoms with van der Waals surface area (Å²) in [7, 11) is 1.57. The van der Waals surface area contributed by atoms with Crippen molar-refractivity contribution in [3.05, 3.63) is 57.5 Å². The number of amides is 1. The van der Waals surface area contributed by atoms with Crippen molar-refractivity contribution in [2.75, 3.05) is 25.9 Å². The predicted molar refractivity (Wildman–Crippen MR) is 114 cm³/mol. The molecular weight excluding hydrogens is 392 g/mol. The highest BCUT2D eigenvalue weighted by molar-refractivity contribution is 6.30. The summed E-state index contributed by atoms with van der Waals surface area (Å²) >= 11 is 6.12. The minimum atomic E-state index is -0.176. The number of nitrogens with zero attached hydrogens (tertiary/aromatic N) is 2. The number of likely N-dealkylation sites (tertiary alicyclic amines) is 1. The Morgan fingerprint density at radius 2 is 2.14 bits per heavy atom. The molecule has 0 radical (unpaired) electrons. The average molecular weight is 415 g/mol. The van der Waals surface area contributed by atoms with Crippen molar-refractivity contribution >= 4 is 34.2 Å². The molecule has 8 heteroatoms. The van der Waals surface area contributed by atoms with E-state index in [9.17, 15) is 9.59 Å². The average Bonchev–Trinajstić information content (AvgIpc) is 3.02. The number of aromatic nitrogens is 2. The Balaban J connectivity index is 1.54. The van der Waals surface area contributed by atoms with Gasteiger partial charge in [0.15, 0.2) is 0 Å². The lowest BCUT2D eigenvalue weighted by atomic mass is 10.0. The van der Waals surface area contributed by atoms with Crippen LogP contribution >= 0.6 is 11.6 Å². The SMILES string of the molecule is COc1cc(Cl)cc(CC(=O)N2CCC[C@H](n3c(=O)[nH]c4cc(N)ccc43)C2)c1. The van der Waals surface area contributed by atoms with Crippen molar-refractivity contribution in [2.45, 2.75) is 25.3 Å². The van der Waals surface area contributed by atoms with Crippen LogP contribution in [-0.2, 0) is 11.2 Å². The van der Waals surface area contributed by atoms with Gasteiger partial charge in [0, 0.05) is 23.8 Å². The van der Waals surface area contributed by atoms with Crippen LogP contribution in [0.3, 0.4) is 0 Å². The van der Waals surface area contributed by atoms with Crippen LogP contribution in [0.1, 0.15) is 24.4 Å². The summed E-state index contributed by atoms with van der Waals surface area (Å²) in [6, 6.07) is 10.6. The van der Waals surface area contributed by atoms with E-state index in [-0.39, 0.29) is 24.1 Å². The van der Waals surface area contributed by atoms with Crippen LogP contribution in [-0.4, -0.2) is 40.6 Å². The molecule has 0 bridgehead atoms. The van der Waals surface area contributed by atoms with Gasteiger partial charge >= 0.3 is 5.69 Å². The van der Waals surface area contributed by atoms with E-state index >= 15 is 0 Å². The number of H-pyrrole nitrogens is 1. The molecule has 0 aliphatic carbocycles. The van der Waals surface area contributed by atoms with Crippen LogP contribution in [0.5, 0.6) is 5.75 Å². The van der Waals surface area contributed by atoms with Gasteiger partial charge in [-0.05, 0) is 54.8 Å². The third kappa shape index (κ3) is 3.96. The zero-order valence-electron chi connectivity index (χ0n) is 16.2. The van der Waals surface area contributed by atoms with Crippen LogP contribution in [0, 0.1) is 0 Å². The molecule has 29 heavy (non-hydrogen) atoms. The summed E-state index contributed by atoms with van der Waals surface area (Å²) in [6.45, 7) is 1.17. The van der Waals surface area contributed by atoms with E-state index in [0.29, 0.717) is 35.1 Å². The fraction of sp³-hybridized carbons (Fsp3) is 0.333. The normalized spacial score (nSPS) is 16.9. The maximum atomic E-state index is 12.9. The molecule has 4 rings (SSSR count). The summed E-state index contributed by atoms with van der Waals surface area (Å²) in [5.74, 6) is 0.637. The molecule has 3 N–H and O–H groups in total. The second-order valence-electron chi connectivity index (χ2n) is 7.39.